The maximum atomic E-state index is 13.5. The van der Waals surface area contributed by atoms with E-state index in [1.54, 1.807) is 23.1 Å². The molecule has 0 saturated carbocycles. The highest BCUT2D eigenvalue weighted by molar-refractivity contribution is 8.00. The Hall–Kier alpha value is -2.87. The van der Waals surface area contributed by atoms with Gasteiger partial charge in [0, 0.05) is 23.5 Å². The van der Waals surface area contributed by atoms with Gasteiger partial charge in [0.25, 0.3) is 0 Å². The van der Waals surface area contributed by atoms with Crippen molar-refractivity contribution in [3.8, 4) is 0 Å². The zero-order valence-corrected chi connectivity index (χ0v) is 16.1. The third-order valence-corrected chi connectivity index (χ3v) is 5.41. The van der Waals surface area contributed by atoms with Gasteiger partial charge in [-0.2, -0.15) is 0 Å². The summed E-state index contributed by atoms with van der Waals surface area (Å²) in [5, 5.41) is 0. The summed E-state index contributed by atoms with van der Waals surface area (Å²) in [4.78, 5) is 38.3. The van der Waals surface area contributed by atoms with Crippen LogP contribution in [-0.2, 0) is 14.4 Å². The Morgan fingerprint density at radius 1 is 1.14 bits per heavy atom. The lowest BCUT2D eigenvalue weighted by Gasteiger charge is -2.17. The lowest BCUT2D eigenvalue weighted by atomic mass is 10.1. The second-order valence-electron chi connectivity index (χ2n) is 6.50. The first-order chi connectivity index (χ1) is 13.4. The molecule has 1 atom stereocenters. The summed E-state index contributed by atoms with van der Waals surface area (Å²) < 4.78 is 13.5. The Kier molecular flexibility index (Phi) is 6.30. The van der Waals surface area contributed by atoms with Crippen molar-refractivity contribution in [3.63, 3.8) is 0 Å². The lowest BCUT2D eigenvalue weighted by Crippen LogP contribution is -2.45. The number of hydrogen-bond donors (Lipinski definition) is 2. The van der Waals surface area contributed by atoms with E-state index < -0.39 is 23.5 Å². The van der Waals surface area contributed by atoms with Gasteiger partial charge in [0.1, 0.15) is 5.82 Å². The number of hydrogen-bond acceptors (Lipinski definition) is 4. The van der Waals surface area contributed by atoms with E-state index in [1.165, 1.54) is 6.07 Å². The molecule has 2 aromatic carbocycles. The number of amides is 3. The molecule has 8 heteroatoms. The molecular weight excluding hydrogens is 381 g/mol. The number of aryl methyl sites for hydroxylation is 1. The number of anilines is 1. The third-order valence-electron chi connectivity index (χ3n) is 4.36. The molecule has 1 aliphatic rings. The van der Waals surface area contributed by atoms with Crippen molar-refractivity contribution >= 4 is 35.2 Å². The van der Waals surface area contributed by atoms with Gasteiger partial charge in [-0.15, -0.1) is 11.8 Å². The smallest absolute Gasteiger partial charge is 0.248 e. The van der Waals surface area contributed by atoms with E-state index in [-0.39, 0.29) is 24.6 Å². The molecule has 3 amide bonds. The molecule has 3 rings (SSSR count). The van der Waals surface area contributed by atoms with Crippen molar-refractivity contribution in [3.05, 3.63) is 59.9 Å². The average Bonchev–Trinajstić information content (AvgIpc) is 3.08. The average molecular weight is 401 g/mol. The Bertz CT molecular complexity index is 889. The molecule has 6 nitrogen and oxygen atoms in total. The second kappa shape index (κ2) is 8.88. The summed E-state index contributed by atoms with van der Waals surface area (Å²) in [5.74, 6) is -2.00. The van der Waals surface area contributed by atoms with Gasteiger partial charge in [0.05, 0.1) is 11.7 Å². The van der Waals surface area contributed by atoms with Gasteiger partial charge in [-0.25, -0.2) is 4.39 Å². The molecule has 0 aromatic heterocycles. The predicted molar refractivity (Wildman–Crippen MR) is 105 cm³/mol. The van der Waals surface area contributed by atoms with Crippen molar-refractivity contribution in [2.45, 2.75) is 18.2 Å². The van der Waals surface area contributed by atoms with Crippen molar-refractivity contribution < 1.29 is 18.8 Å². The zero-order valence-electron chi connectivity index (χ0n) is 15.3. The number of benzene rings is 2. The quantitative estimate of drug-likeness (QED) is 0.596. The first-order valence-corrected chi connectivity index (χ1v) is 9.75. The van der Waals surface area contributed by atoms with Crippen LogP contribution >= 0.6 is 11.8 Å². The summed E-state index contributed by atoms with van der Waals surface area (Å²) in [6, 6.07) is 13.6. The normalized spacial score (nSPS) is 16.1. The van der Waals surface area contributed by atoms with Crippen molar-refractivity contribution in [2.24, 2.45) is 5.92 Å². The first-order valence-electron chi connectivity index (χ1n) is 8.77. The molecule has 2 N–H and O–H groups in total. The molecule has 0 bridgehead atoms. The van der Waals surface area contributed by atoms with Gasteiger partial charge >= 0.3 is 0 Å². The molecule has 28 heavy (non-hydrogen) atoms. The number of thioether (sulfide) groups is 1. The standard InChI is InChI=1S/C20H20FN3O3S/c1-13-6-8-15(9-7-13)24-11-14(10-19(24)26)20(27)23-22-18(25)12-28-17-5-3-2-4-16(17)21/h2-9,14H,10-12H2,1H3,(H,22,25)(H,23,27)/t14-/m1/s1. The minimum atomic E-state index is -0.548. The molecule has 0 spiro atoms. The number of carbonyl (C=O) groups excluding carboxylic acids is 3. The van der Waals surface area contributed by atoms with E-state index in [4.69, 9.17) is 0 Å². The maximum absolute atomic E-state index is 13.5. The molecular formula is C20H20FN3O3S. The van der Waals surface area contributed by atoms with Crippen LogP contribution in [-0.4, -0.2) is 30.0 Å². The molecule has 1 aliphatic heterocycles. The Morgan fingerprint density at radius 2 is 1.86 bits per heavy atom. The SMILES string of the molecule is Cc1ccc(N2C[C@H](C(=O)NNC(=O)CSc3ccccc3F)CC2=O)cc1. The van der Waals surface area contributed by atoms with Crippen molar-refractivity contribution in [1.29, 1.82) is 0 Å². The van der Waals surface area contributed by atoms with Crippen LogP contribution in [0.2, 0.25) is 0 Å². The van der Waals surface area contributed by atoms with Crippen LogP contribution in [0.4, 0.5) is 10.1 Å². The fraction of sp³-hybridized carbons (Fsp3) is 0.250. The highest BCUT2D eigenvalue weighted by Crippen LogP contribution is 2.25. The number of hydrazine groups is 1. The number of carbonyl (C=O) groups is 3. The Balaban J connectivity index is 1.47. The van der Waals surface area contributed by atoms with Crippen LogP contribution in [0.1, 0.15) is 12.0 Å². The molecule has 2 aromatic rings. The number of nitrogens with zero attached hydrogens (tertiary/aromatic N) is 1. The predicted octanol–water partition coefficient (Wildman–Crippen LogP) is 2.43. The molecule has 1 heterocycles. The van der Waals surface area contributed by atoms with Gasteiger partial charge in [0.2, 0.25) is 17.7 Å². The van der Waals surface area contributed by atoms with Crippen LogP contribution in [0.3, 0.4) is 0 Å². The summed E-state index contributed by atoms with van der Waals surface area (Å²) in [5.41, 5.74) is 6.50. The molecule has 0 radical (unpaired) electrons. The van der Waals surface area contributed by atoms with Gasteiger partial charge in [0.15, 0.2) is 0 Å². The van der Waals surface area contributed by atoms with Crippen LogP contribution in [0.25, 0.3) is 0 Å². The van der Waals surface area contributed by atoms with Gasteiger partial charge in [-0.3, -0.25) is 25.2 Å². The second-order valence-corrected chi connectivity index (χ2v) is 7.51. The van der Waals surface area contributed by atoms with Crippen LogP contribution in [0, 0.1) is 18.7 Å². The summed E-state index contributed by atoms with van der Waals surface area (Å²) in [7, 11) is 0. The highest BCUT2D eigenvalue weighted by atomic mass is 32.2. The summed E-state index contributed by atoms with van der Waals surface area (Å²) in [6.45, 7) is 2.21. The van der Waals surface area contributed by atoms with Crippen LogP contribution in [0.5, 0.6) is 0 Å². The number of halogens is 1. The van der Waals surface area contributed by atoms with E-state index in [0.717, 1.165) is 23.0 Å². The molecule has 1 fully saturated rings. The van der Waals surface area contributed by atoms with E-state index in [2.05, 4.69) is 10.9 Å². The minimum absolute atomic E-state index is 0.0414. The molecule has 1 saturated heterocycles. The van der Waals surface area contributed by atoms with E-state index in [0.29, 0.717) is 4.90 Å². The maximum Gasteiger partial charge on any atom is 0.248 e. The van der Waals surface area contributed by atoms with Crippen LogP contribution < -0.4 is 15.8 Å². The zero-order chi connectivity index (χ0) is 20.1. The summed E-state index contributed by atoms with van der Waals surface area (Å²) in [6.07, 6.45) is 0.0829. The Morgan fingerprint density at radius 3 is 2.57 bits per heavy atom. The topological polar surface area (TPSA) is 78.5 Å². The number of nitrogens with one attached hydrogen (secondary N) is 2. The van der Waals surface area contributed by atoms with E-state index >= 15 is 0 Å². The minimum Gasteiger partial charge on any atom is -0.312 e. The molecule has 146 valence electrons. The molecule has 0 aliphatic carbocycles. The highest BCUT2D eigenvalue weighted by Gasteiger charge is 2.35. The fourth-order valence-electron chi connectivity index (χ4n) is 2.83. The van der Waals surface area contributed by atoms with Gasteiger partial charge < -0.3 is 4.90 Å². The third kappa shape index (κ3) is 4.89. The number of rotatable bonds is 5. The fourth-order valence-corrected chi connectivity index (χ4v) is 3.57. The van der Waals surface area contributed by atoms with Crippen LogP contribution in [0.15, 0.2) is 53.4 Å². The van der Waals surface area contributed by atoms with Crippen molar-refractivity contribution in [1.82, 2.24) is 10.9 Å². The van der Waals surface area contributed by atoms with E-state index in [9.17, 15) is 18.8 Å². The summed E-state index contributed by atoms with van der Waals surface area (Å²) >= 11 is 1.04. The molecule has 0 unspecified atom stereocenters. The van der Waals surface area contributed by atoms with Gasteiger partial charge in [-0.1, -0.05) is 29.8 Å². The van der Waals surface area contributed by atoms with E-state index in [1.807, 2.05) is 31.2 Å². The largest absolute Gasteiger partial charge is 0.312 e. The van der Waals surface area contributed by atoms with Crippen molar-refractivity contribution in [2.75, 3.05) is 17.2 Å². The first kappa shape index (κ1) is 19.9. The lowest BCUT2D eigenvalue weighted by molar-refractivity contribution is -0.130. The van der Waals surface area contributed by atoms with Gasteiger partial charge in [-0.05, 0) is 31.2 Å². The Labute approximate surface area is 166 Å². The monoisotopic (exact) mass is 401 g/mol.